The number of carbonyl (C=O) groups is 2. The Morgan fingerprint density at radius 2 is 1.70 bits per heavy atom. The Balaban J connectivity index is 1.57. The molecule has 0 radical (unpaired) electrons. The van der Waals surface area contributed by atoms with E-state index in [0.29, 0.717) is 36.8 Å². The molecule has 2 aromatic rings. The second kappa shape index (κ2) is 7.31. The number of carbonyl (C=O) groups excluding carboxylic acids is 1. The number of carboxylic acids is 1. The summed E-state index contributed by atoms with van der Waals surface area (Å²) >= 11 is 0. The molecule has 2 aromatic carbocycles. The monoisotopic (exact) mass is 367 g/mol. The van der Waals surface area contributed by atoms with Gasteiger partial charge < -0.3 is 19.5 Å². The molecule has 2 aliphatic rings. The lowest BCUT2D eigenvalue weighted by Crippen LogP contribution is -2.29. The molecular formula is C21H21NO5. The van der Waals surface area contributed by atoms with Gasteiger partial charge in [0.25, 0.3) is 5.91 Å². The van der Waals surface area contributed by atoms with Gasteiger partial charge in [0.15, 0.2) is 11.5 Å². The van der Waals surface area contributed by atoms with Crippen LogP contribution in [0.3, 0.4) is 0 Å². The molecule has 6 nitrogen and oxygen atoms in total. The number of benzene rings is 2. The molecule has 27 heavy (non-hydrogen) atoms. The number of fused-ring (bicyclic) bond motifs is 1. The van der Waals surface area contributed by atoms with Crippen LogP contribution in [0.15, 0.2) is 48.5 Å². The largest absolute Gasteiger partial charge is 0.490 e. The van der Waals surface area contributed by atoms with Crippen LogP contribution >= 0.6 is 0 Å². The van der Waals surface area contributed by atoms with Gasteiger partial charge >= 0.3 is 5.97 Å². The molecule has 2 aliphatic heterocycles. The van der Waals surface area contributed by atoms with Gasteiger partial charge in [0.05, 0.1) is 19.1 Å². The van der Waals surface area contributed by atoms with Gasteiger partial charge in [0.1, 0.15) is 0 Å². The van der Waals surface area contributed by atoms with Crippen LogP contribution in [0.4, 0.5) is 0 Å². The molecule has 0 spiro atoms. The lowest BCUT2D eigenvalue weighted by molar-refractivity contribution is -0.141. The smallest absolute Gasteiger partial charge is 0.308 e. The number of hydrogen-bond acceptors (Lipinski definition) is 4. The fraction of sp³-hybridized carbons (Fsp3) is 0.333. The highest BCUT2D eigenvalue weighted by Gasteiger charge is 2.40. The second-order valence-corrected chi connectivity index (χ2v) is 6.88. The lowest BCUT2D eigenvalue weighted by atomic mass is 9.89. The fourth-order valence-electron chi connectivity index (χ4n) is 3.74. The first-order valence-electron chi connectivity index (χ1n) is 9.10. The molecule has 2 heterocycles. The third-order valence-electron chi connectivity index (χ3n) is 5.15. The molecule has 2 atom stereocenters. The van der Waals surface area contributed by atoms with Crippen molar-refractivity contribution in [2.24, 2.45) is 5.92 Å². The Kier molecular flexibility index (Phi) is 4.71. The van der Waals surface area contributed by atoms with Gasteiger partial charge in [-0.25, -0.2) is 0 Å². The SMILES string of the molecule is O=C(O)C1CN(C(=O)c2ccc3c(c2)OCCCO3)CC1c1ccccc1. The predicted molar refractivity (Wildman–Crippen MR) is 98.3 cm³/mol. The maximum Gasteiger partial charge on any atom is 0.308 e. The van der Waals surface area contributed by atoms with E-state index in [9.17, 15) is 14.7 Å². The van der Waals surface area contributed by atoms with Gasteiger partial charge in [-0.05, 0) is 23.8 Å². The Morgan fingerprint density at radius 1 is 0.963 bits per heavy atom. The van der Waals surface area contributed by atoms with E-state index in [2.05, 4.69) is 0 Å². The van der Waals surface area contributed by atoms with Crippen LogP contribution in [0.2, 0.25) is 0 Å². The fourth-order valence-corrected chi connectivity index (χ4v) is 3.74. The summed E-state index contributed by atoms with van der Waals surface area (Å²) in [4.78, 5) is 26.4. The molecule has 140 valence electrons. The number of nitrogens with zero attached hydrogens (tertiary/aromatic N) is 1. The van der Waals surface area contributed by atoms with E-state index < -0.39 is 11.9 Å². The summed E-state index contributed by atoms with van der Waals surface area (Å²) in [5.74, 6) is -0.694. The number of aliphatic carboxylic acids is 1. The molecule has 2 unspecified atom stereocenters. The zero-order chi connectivity index (χ0) is 18.8. The van der Waals surface area contributed by atoms with E-state index in [1.54, 1.807) is 23.1 Å². The van der Waals surface area contributed by atoms with Crippen molar-refractivity contribution in [2.45, 2.75) is 12.3 Å². The van der Waals surface area contributed by atoms with Crippen molar-refractivity contribution in [1.29, 1.82) is 0 Å². The number of likely N-dealkylation sites (tertiary alicyclic amines) is 1. The molecule has 1 saturated heterocycles. The standard InChI is InChI=1S/C21H21NO5/c23-20(15-7-8-18-19(11-15)27-10-4-9-26-18)22-12-16(17(13-22)21(24)25)14-5-2-1-3-6-14/h1-3,5-8,11,16-17H,4,9-10,12-13H2,(H,24,25). The highest BCUT2D eigenvalue weighted by atomic mass is 16.5. The van der Waals surface area contributed by atoms with E-state index in [0.717, 1.165) is 12.0 Å². The highest BCUT2D eigenvalue weighted by molar-refractivity contribution is 5.95. The van der Waals surface area contributed by atoms with E-state index >= 15 is 0 Å². The summed E-state index contributed by atoms with van der Waals surface area (Å²) in [6, 6.07) is 14.7. The summed E-state index contributed by atoms with van der Waals surface area (Å²) in [5, 5.41) is 9.63. The molecule has 6 heteroatoms. The lowest BCUT2D eigenvalue weighted by Gasteiger charge is -2.17. The Labute approximate surface area is 157 Å². The minimum atomic E-state index is -0.877. The van der Waals surface area contributed by atoms with Gasteiger partial charge in [0, 0.05) is 31.0 Å². The van der Waals surface area contributed by atoms with Crippen molar-refractivity contribution < 1.29 is 24.2 Å². The van der Waals surface area contributed by atoms with Crippen LogP contribution in [0.25, 0.3) is 0 Å². The average molecular weight is 367 g/mol. The second-order valence-electron chi connectivity index (χ2n) is 6.88. The van der Waals surface area contributed by atoms with Crippen LogP contribution < -0.4 is 9.47 Å². The topological polar surface area (TPSA) is 76.1 Å². The third-order valence-corrected chi connectivity index (χ3v) is 5.15. The van der Waals surface area contributed by atoms with E-state index in [1.807, 2.05) is 30.3 Å². The quantitative estimate of drug-likeness (QED) is 0.903. The molecule has 4 rings (SSSR count). The molecular weight excluding hydrogens is 346 g/mol. The third kappa shape index (κ3) is 3.47. The number of ether oxygens (including phenoxy) is 2. The molecule has 1 N–H and O–H groups in total. The van der Waals surface area contributed by atoms with Crippen molar-refractivity contribution in [3.63, 3.8) is 0 Å². The van der Waals surface area contributed by atoms with Gasteiger partial charge in [-0.2, -0.15) is 0 Å². The van der Waals surface area contributed by atoms with Gasteiger partial charge in [-0.1, -0.05) is 30.3 Å². The summed E-state index contributed by atoms with van der Waals surface area (Å²) < 4.78 is 11.3. The number of amides is 1. The number of hydrogen-bond donors (Lipinski definition) is 1. The molecule has 1 fully saturated rings. The highest BCUT2D eigenvalue weighted by Crippen LogP contribution is 2.35. The zero-order valence-corrected chi connectivity index (χ0v) is 14.8. The summed E-state index contributed by atoms with van der Waals surface area (Å²) in [7, 11) is 0. The first kappa shape index (κ1) is 17.4. The Bertz CT molecular complexity index is 851. The number of rotatable bonds is 3. The Hall–Kier alpha value is -3.02. The maximum atomic E-state index is 13.0. The van der Waals surface area contributed by atoms with Crippen LogP contribution in [-0.2, 0) is 4.79 Å². The van der Waals surface area contributed by atoms with E-state index in [1.165, 1.54) is 0 Å². The van der Waals surface area contributed by atoms with Crippen LogP contribution in [-0.4, -0.2) is 48.2 Å². The molecule has 0 aromatic heterocycles. The predicted octanol–water partition coefficient (Wildman–Crippen LogP) is 2.79. The molecule has 0 saturated carbocycles. The van der Waals surface area contributed by atoms with Crippen LogP contribution in [0.5, 0.6) is 11.5 Å². The van der Waals surface area contributed by atoms with Crippen molar-refractivity contribution in [3.05, 3.63) is 59.7 Å². The molecule has 0 bridgehead atoms. The molecule has 1 amide bonds. The zero-order valence-electron chi connectivity index (χ0n) is 14.8. The first-order chi connectivity index (χ1) is 13.1. The van der Waals surface area contributed by atoms with Crippen molar-refractivity contribution in [3.8, 4) is 11.5 Å². The summed E-state index contributed by atoms with van der Waals surface area (Å²) in [5.41, 5.74) is 1.43. The first-order valence-corrected chi connectivity index (χ1v) is 9.10. The van der Waals surface area contributed by atoms with Gasteiger partial charge in [-0.3, -0.25) is 9.59 Å². The average Bonchev–Trinajstić information content (AvgIpc) is 3.01. The van der Waals surface area contributed by atoms with Gasteiger partial charge in [0.2, 0.25) is 0 Å². The van der Waals surface area contributed by atoms with Crippen molar-refractivity contribution >= 4 is 11.9 Å². The summed E-state index contributed by atoms with van der Waals surface area (Å²) in [6.07, 6.45) is 0.795. The van der Waals surface area contributed by atoms with Crippen molar-refractivity contribution in [2.75, 3.05) is 26.3 Å². The minimum absolute atomic E-state index is 0.185. The normalized spacial score (nSPS) is 21.6. The molecule has 0 aliphatic carbocycles. The van der Waals surface area contributed by atoms with Crippen molar-refractivity contribution in [1.82, 2.24) is 4.90 Å². The van der Waals surface area contributed by atoms with Crippen LogP contribution in [0.1, 0.15) is 28.3 Å². The van der Waals surface area contributed by atoms with E-state index in [-0.39, 0.29) is 18.4 Å². The number of carboxylic acid groups (broad SMARTS) is 1. The maximum absolute atomic E-state index is 13.0. The Morgan fingerprint density at radius 3 is 2.44 bits per heavy atom. The minimum Gasteiger partial charge on any atom is -0.490 e. The summed E-state index contributed by atoms with van der Waals surface area (Å²) in [6.45, 7) is 1.72. The van der Waals surface area contributed by atoms with Crippen LogP contribution in [0, 0.1) is 5.92 Å². The van der Waals surface area contributed by atoms with Gasteiger partial charge in [-0.15, -0.1) is 0 Å². The van der Waals surface area contributed by atoms with E-state index in [4.69, 9.17) is 9.47 Å².